The van der Waals surface area contributed by atoms with E-state index in [1.165, 1.54) is 17.0 Å². The second-order valence-electron chi connectivity index (χ2n) is 10.6. The summed E-state index contributed by atoms with van der Waals surface area (Å²) in [6, 6.07) is 12.2. The number of carbonyl (C=O) groups is 4. The van der Waals surface area contributed by atoms with E-state index in [2.05, 4.69) is 22.0 Å². The minimum absolute atomic E-state index is 0.0226. The third-order valence-electron chi connectivity index (χ3n) is 6.64. The fraction of sp³-hybridized carbons (Fsp3) is 0.370. The molecule has 9 nitrogen and oxygen atoms in total. The summed E-state index contributed by atoms with van der Waals surface area (Å²) in [5.41, 5.74) is 0.110. The Kier molecular flexibility index (Phi) is 6.74. The number of benzene rings is 2. The maximum Gasteiger partial charge on any atom is 0.313 e. The number of anilines is 2. The minimum atomic E-state index is -1.11. The van der Waals surface area contributed by atoms with Gasteiger partial charge in [-0.1, -0.05) is 39.0 Å². The zero-order chi connectivity index (χ0) is 27.0. The number of halogens is 1. The summed E-state index contributed by atoms with van der Waals surface area (Å²) >= 11 is 0. The highest BCUT2D eigenvalue weighted by Crippen LogP contribution is 2.46. The van der Waals surface area contributed by atoms with Crippen molar-refractivity contribution in [2.75, 3.05) is 17.2 Å². The van der Waals surface area contributed by atoms with E-state index in [1.807, 2.05) is 26.8 Å². The predicted molar refractivity (Wildman–Crippen MR) is 134 cm³/mol. The molecule has 4 rings (SSSR count). The average Bonchev–Trinajstić information content (AvgIpc) is 3.37. The van der Waals surface area contributed by atoms with Crippen LogP contribution in [-0.2, 0) is 24.6 Å². The van der Waals surface area contributed by atoms with E-state index < -0.39 is 46.5 Å². The Morgan fingerprint density at radius 2 is 1.84 bits per heavy atom. The van der Waals surface area contributed by atoms with Gasteiger partial charge in [0.25, 0.3) is 0 Å². The lowest BCUT2D eigenvalue weighted by molar-refractivity contribution is -0.141. The number of nitrogens with zero attached hydrogens (tertiary/aromatic N) is 2. The number of rotatable bonds is 4. The van der Waals surface area contributed by atoms with Crippen molar-refractivity contribution >= 4 is 35.0 Å². The van der Waals surface area contributed by atoms with Gasteiger partial charge in [-0.15, -0.1) is 0 Å². The second kappa shape index (κ2) is 9.65. The fourth-order valence-corrected chi connectivity index (χ4v) is 4.94. The Hall–Kier alpha value is -4.26. The molecule has 4 amide bonds. The number of carbonyl (C=O) groups excluding carboxylic acids is 4. The first-order valence-corrected chi connectivity index (χ1v) is 11.9. The third kappa shape index (κ3) is 5.16. The van der Waals surface area contributed by atoms with Crippen LogP contribution in [0.2, 0.25) is 0 Å². The van der Waals surface area contributed by atoms with Crippen molar-refractivity contribution in [2.24, 2.45) is 5.41 Å². The van der Waals surface area contributed by atoms with Crippen LogP contribution in [0.25, 0.3) is 0 Å². The summed E-state index contributed by atoms with van der Waals surface area (Å²) in [5.74, 6) is -3.37. The summed E-state index contributed by atoms with van der Waals surface area (Å²) in [5, 5.41) is 17.6. The van der Waals surface area contributed by atoms with Gasteiger partial charge in [0.2, 0.25) is 11.8 Å². The lowest BCUT2D eigenvalue weighted by Gasteiger charge is -2.31. The van der Waals surface area contributed by atoms with Gasteiger partial charge in [0.15, 0.2) is 0 Å². The van der Waals surface area contributed by atoms with Crippen molar-refractivity contribution in [3.8, 4) is 6.07 Å². The highest BCUT2D eigenvalue weighted by Gasteiger charge is 2.56. The molecule has 1 fully saturated rings. The number of nitriles is 1. The van der Waals surface area contributed by atoms with Crippen molar-refractivity contribution in [1.29, 1.82) is 5.26 Å². The number of hydrogen-bond donors (Lipinski definition) is 3. The van der Waals surface area contributed by atoms with Crippen LogP contribution >= 0.6 is 0 Å². The third-order valence-corrected chi connectivity index (χ3v) is 6.64. The first-order valence-electron chi connectivity index (χ1n) is 11.9. The monoisotopic (exact) mass is 505 g/mol. The van der Waals surface area contributed by atoms with Gasteiger partial charge >= 0.3 is 11.8 Å². The van der Waals surface area contributed by atoms with Gasteiger partial charge in [-0.05, 0) is 47.7 Å². The molecule has 1 unspecified atom stereocenters. The Bertz CT molecular complexity index is 1300. The Morgan fingerprint density at radius 1 is 1.16 bits per heavy atom. The molecular formula is C27H28FN5O4. The smallest absolute Gasteiger partial charge is 0.313 e. The zero-order valence-electron chi connectivity index (χ0n) is 20.8. The highest BCUT2D eigenvalue weighted by molar-refractivity contribution is 6.40. The summed E-state index contributed by atoms with van der Waals surface area (Å²) in [6.45, 7) is 5.62. The predicted octanol–water partition coefficient (Wildman–Crippen LogP) is 2.70. The molecule has 2 aromatic rings. The van der Waals surface area contributed by atoms with Crippen molar-refractivity contribution in [2.45, 2.75) is 51.1 Å². The molecule has 37 heavy (non-hydrogen) atoms. The molecule has 2 aromatic carbocycles. The largest absolute Gasteiger partial charge is 0.336 e. The zero-order valence-corrected chi connectivity index (χ0v) is 20.8. The number of para-hydroxylation sites is 1. The van der Waals surface area contributed by atoms with Crippen molar-refractivity contribution < 1.29 is 23.6 Å². The van der Waals surface area contributed by atoms with E-state index in [0.717, 1.165) is 17.7 Å². The molecule has 0 aliphatic carbocycles. The van der Waals surface area contributed by atoms with Crippen LogP contribution in [0.15, 0.2) is 48.5 Å². The first kappa shape index (κ1) is 25.8. The highest BCUT2D eigenvalue weighted by atomic mass is 19.1. The molecule has 10 heteroatoms. The van der Waals surface area contributed by atoms with E-state index in [-0.39, 0.29) is 31.0 Å². The van der Waals surface area contributed by atoms with Gasteiger partial charge in [-0.2, -0.15) is 5.26 Å². The van der Waals surface area contributed by atoms with Crippen molar-refractivity contribution in [3.05, 3.63) is 59.9 Å². The van der Waals surface area contributed by atoms with E-state index in [1.54, 1.807) is 18.2 Å². The van der Waals surface area contributed by atoms with Crippen LogP contribution in [0.1, 0.15) is 39.2 Å². The quantitative estimate of drug-likeness (QED) is 0.550. The molecule has 192 valence electrons. The lowest BCUT2D eigenvalue weighted by atomic mass is 9.80. The molecule has 0 bridgehead atoms. The standard InChI is InChI=1S/C27H28FN5O4/c1-26(2,3)13-21(31-23(35)22(34)30-17-10-8-16(28)9-11-17)24(36)33-15-27(12-18(33)14-29)19-6-4-5-7-20(19)32-25(27)37/h4-11,18,21H,12-13,15H2,1-3H3,(H,30,34)(H,31,35)(H,32,37)/t18?,21-,27-/m0/s1. The van der Waals surface area contributed by atoms with Crippen LogP contribution in [0.3, 0.4) is 0 Å². The van der Waals surface area contributed by atoms with E-state index in [4.69, 9.17) is 0 Å². The molecule has 1 spiro atoms. The van der Waals surface area contributed by atoms with Gasteiger partial charge in [-0.3, -0.25) is 19.2 Å². The Labute approximate surface area is 214 Å². The van der Waals surface area contributed by atoms with Crippen LogP contribution in [0.4, 0.5) is 15.8 Å². The average molecular weight is 506 g/mol. The van der Waals surface area contributed by atoms with Gasteiger partial charge < -0.3 is 20.9 Å². The first-order chi connectivity index (χ1) is 17.4. The second-order valence-corrected chi connectivity index (χ2v) is 10.6. The molecule has 0 aromatic heterocycles. The molecule has 2 heterocycles. The van der Waals surface area contributed by atoms with Crippen LogP contribution in [0.5, 0.6) is 0 Å². The lowest BCUT2D eigenvalue weighted by Crippen LogP contribution is -2.53. The summed E-state index contributed by atoms with van der Waals surface area (Å²) < 4.78 is 13.1. The van der Waals surface area contributed by atoms with Gasteiger partial charge in [-0.25, -0.2) is 4.39 Å². The van der Waals surface area contributed by atoms with E-state index in [9.17, 15) is 28.8 Å². The number of fused-ring (bicyclic) bond motifs is 2. The number of likely N-dealkylation sites (tertiary alicyclic amines) is 1. The van der Waals surface area contributed by atoms with Crippen LogP contribution in [0, 0.1) is 22.6 Å². The molecule has 1 saturated heterocycles. The summed E-state index contributed by atoms with van der Waals surface area (Å²) in [7, 11) is 0. The molecule has 3 atom stereocenters. The number of nitrogens with one attached hydrogen (secondary N) is 3. The van der Waals surface area contributed by atoms with E-state index in [0.29, 0.717) is 5.69 Å². The molecule has 3 N–H and O–H groups in total. The molecule has 0 saturated carbocycles. The van der Waals surface area contributed by atoms with Crippen LogP contribution in [-0.4, -0.2) is 47.2 Å². The van der Waals surface area contributed by atoms with Gasteiger partial charge in [0.05, 0.1) is 11.5 Å². The van der Waals surface area contributed by atoms with Crippen LogP contribution < -0.4 is 16.0 Å². The summed E-state index contributed by atoms with van der Waals surface area (Å²) in [4.78, 5) is 53.4. The maximum absolute atomic E-state index is 13.8. The summed E-state index contributed by atoms with van der Waals surface area (Å²) in [6.07, 6.45) is 0.311. The van der Waals surface area contributed by atoms with Crippen molar-refractivity contribution in [3.63, 3.8) is 0 Å². The molecular weight excluding hydrogens is 477 g/mol. The fourth-order valence-electron chi connectivity index (χ4n) is 4.94. The Balaban J connectivity index is 1.56. The maximum atomic E-state index is 13.8. The molecule has 2 aliphatic rings. The minimum Gasteiger partial charge on any atom is -0.336 e. The SMILES string of the molecule is CC(C)(C)C[C@H](NC(=O)C(=O)Nc1ccc(F)cc1)C(=O)N1C[C@]2(CC1C#N)C(=O)Nc1ccccc12. The van der Waals surface area contributed by atoms with E-state index >= 15 is 0 Å². The number of amides is 4. The van der Waals surface area contributed by atoms with Gasteiger partial charge in [0, 0.05) is 24.3 Å². The van der Waals surface area contributed by atoms with Gasteiger partial charge in [0.1, 0.15) is 17.9 Å². The normalized spacial score (nSPS) is 21.1. The number of hydrogen-bond acceptors (Lipinski definition) is 5. The Morgan fingerprint density at radius 3 is 2.49 bits per heavy atom. The van der Waals surface area contributed by atoms with Crippen molar-refractivity contribution in [1.82, 2.24) is 10.2 Å². The molecule has 0 radical (unpaired) electrons. The molecule has 2 aliphatic heterocycles. The topological polar surface area (TPSA) is 131 Å².